The van der Waals surface area contributed by atoms with Crippen LogP contribution in [0.15, 0.2) is 17.9 Å². The Hall–Kier alpha value is -2.07. The molecule has 1 rings (SSSR count). The maximum absolute atomic E-state index is 11.9. The second kappa shape index (κ2) is 6.75. The van der Waals surface area contributed by atoms with E-state index in [1.165, 1.54) is 0 Å². The molecule has 1 atom stereocenters. The fraction of sp³-hybridized carbons (Fsp3) is 0.538. The van der Waals surface area contributed by atoms with Gasteiger partial charge in [-0.25, -0.2) is 0 Å². The zero-order valence-corrected chi connectivity index (χ0v) is 10.9. The molecule has 1 heterocycles. The van der Waals surface area contributed by atoms with Crippen molar-refractivity contribution in [1.82, 2.24) is 0 Å². The van der Waals surface area contributed by atoms with Crippen LogP contribution in [0.1, 0.15) is 13.8 Å². The fourth-order valence-corrected chi connectivity index (χ4v) is 1.80. The van der Waals surface area contributed by atoms with Crippen LogP contribution in [0.2, 0.25) is 0 Å². The molecule has 1 aliphatic rings. The molecule has 0 aromatic heterocycles. The summed E-state index contributed by atoms with van der Waals surface area (Å²) in [4.78, 5) is 35.4. The molecule has 0 aliphatic carbocycles. The molecule has 0 aromatic rings. The van der Waals surface area contributed by atoms with Gasteiger partial charge in [0.2, 0.25) is 0 Å². The van der Waals surface area contributed by atoms with Crippen molar-refractivity contribution >= 4 is 17.9 Å². The highest BCUT2D eigenvalue weighted by atomic mass is 16.6. The van der Waals surface area contributed by atoms with Crippen LogP contribution < -0.4 is 0 Å². The lowest BCUT2D eigenvalue weighted by molar-refractivity contribution is -0.167. The number of esters is 3. The van der Waals surface area contributed by atoms with E-state index in [2.05, 4.69) is 12.3 Å². The highest BCUT2D eigenvalue weighted by molar-refractivity contribution is 6.00. The summed E-state index contributed by atoms with van der Waals surface area (Å²) in [6, 6.07) is 0. The monoisotopic (exact) mass is 268 g/mol. The zero-order valence-electron chi connectivity index (χ0n) is 10.9. The Bertz CT molecular complexity index is 414. The van der Waals surface area contributed by atoms with E-state index < -0.39 is 29.7 Å². The average Bonchev–Trinajstić information content (AvgIpc) is 2.72. The normalized spacial score (nSPS) is 17.9. The van der Waals surface area contributed by atoms with E-state index in [9.17, 15) is 14.4 Å². The van der Waals surface area contributed by atoms with Crippen LogP contribution in [-0.4, -0.2) is 37.7 Å². The topological polar surface area (TPSA) is 78.9 Å². The molecule has 0 spiro atoms. The summed E-state index contributed by atoms with van der Waals surface area (Å²) in [6.45, 7) is 6.82. The van der Waals surface area contributed by atoms with Gasteiger partial charge in [0.25, 0.3) is 0 Å². The van der Waals surface area contributed by atoms with Crippen LogP contribution in [-0.2, 0) is 28.6 Å². The van der Waals surface area contributed by atoms with Gasteiger partial charge < -0.3 is 14.2 Å². The first kappa shape index (κ1) is 15.0. The summed E-state index contributed by atoms with van der Waals surface area (Å²) < 4.78 is 14.4. The molecular weight excluding hydrogens is 252 g/mol. The molecule has 0 amide bonds. The lowest BCUT2D eigenvalue weighted by atomic mass is 9.88. The van der Waals surface area contributed by atoms with Crippen LogP contribution in [0.25, 0.3) is 0 Å². The predicted molar refractivity (Wildman–Crippen MR) is 63.9 cm³/mol. The Morgan fingerprint density at radius 1 is 1.37 bits per heavy atom. The molecule has 1 unspecified atom stereocenters. The van der Waals surface area contributed by atoms with Gasteiger partial charge in [0.1, 0.15) is 12.5 Å². The lowest BCUT2D eigenvalue weighted by Gasteiger charge is -2.17. The van der Waals surface area contributed by atoms with Crippen molar-refractivity contribution in [3.05, 3.63) is 17.9 Å². The van der Waals surface area contributed by atoms with Gasteiger partial charge >= 0.3 is 17.9 Å². The second-order valence-electron chi connectivity index (χ2n) is 3.77. The molecule has 0 aromatic carbocycles. The van der Waals surface area contributed by atoms with Gasteiger partial charge in [-0.3, -0.25) is 14.4 Å². The first-order chi connectivity index (χ1) is 9.06. The lowest BCUT2D eigenvalue weighted by Crippen LogP contribution is -2.37. The summed E-state index contributed by atoms with van der Waals surface area (Å²) in [6.07, 6.45) is 0. The van der Waals surface area contributed by atoms with Gasteiger partial charge in [-0.05, 0) is 13.8 Å². The fourth-order valence-electron chi connectivity index (χ4n) is 1.80. The van der Waals surface area contributed by atoms with Crippen LogP contribution >= 0.6 is 0 Å². The number of carbonyl (C=O) groups is 3. The van der Waals surface area contributed by atoms with Gasteiger partial charge in [0.05, 0.1) is 13.2 Å². The Morgan fingerprint density at radius 3 is 2.32 bits per heavy atom. The third-order valence-electron chi connectivity index (χ3n) is 2.64. The zero-order chi connectivity index (χ0) is 14.4. The van der Waals surface area contributed by atoms with E-state index in [1.54, 1.807) is 13.8 Å². The number of hydrogen-bond acceptors (Lipinski definition) is 6. The number of ether oxygens (including phenoxy) is 3. The van der Waals surface area contributed by atoms with Gasteiger partial charge in [-0.15, -0.1) is 5.73 Å². The minimum Gasteiger partial charge on any atom is -0.465 e. The van der Waals surface area contributed by atoms with Gasteiger partial charge in [0.15, 0.2) is 5.92 Å². The third-order valence-corrected chi connectivity index (χ3v) is 2.64. The Kier molecular flexibility index (Phi) is 5.33. The van der Waals surface area contributed by atoms with E-state index in [0.717, 1.165) is 0 Å². The van der Waals surface area contributed by atoms with E-state index in [1.807, 2.05) is 0 Å². The predicted octanol–water partition coefficient (Wildman–Crippen LogP) is 0.613. The molecule has 0 N–H and O–H groups in total. The second-order valence-corrected chi connectivity index (χ2v) is 3.77. The number of carbonyl (C=O) groups excluding carboxylic acids is 3. The summed E-state index contributed by atoms with van der Waals surface area (Å²) in [5.41, 5.74) is 2.88. The van der Waals surface area contributed by atoms with Crippen LogP contribution in [0.4, 0.5) is 0 Å². The molecule has 1 aliphatic heterocycles. The van der Waals surface area contributed by atoms with E-state index in [0.29, 0.717) is 5.57 Å². The maximum Gasteiger partial charge on any atom is 0.321 e. The Labute approximate surface area is 111 Å². The highest BCUT2D eigenvalue weighted by Crippen LogP contribution is 2.30. The largest absolute Gasteiger partial charge is 0.465 e. The van der Waals surface area contributed by atoms with Crippen LogP contribution in [0.3, 0.4) is 0 Å². The number of cyclic esters (lactones) is 1. The molecule has 6 heteroatoms. The van der Waals surface area contributed by atoms with Gasteiger partial charge in [-0.2, -0.15) is 0 Å². The Balaban J connectivity index is 3.08. The summed E-state index contributed by atoms with van der Waals surface area (Å²) >= 11 is 0. The van der Waals surface area contributed by atoms with E-state index in [-0.39, 0.29) is 19.8 Å². The SMILES string of the molecule is C=C=C1COC(=O)C1C(C(=O)OCC)C(=O)OCC. The first-order valence-corrected chi connectivity index (χ1v) is 5.95. The third kappa shape index (κ3) is 3.23. The van der Waals surface area contributed by atoms with Gasteiger partial charge in [0, 0.05) is 5.57 Å². The standard InChI is InChI=1S/C13H16O6/c1-4-8-7-19-11(14)9(8)10(12(15)17-5-2)13(16)18-6-3/h9-10H,1,5-7H2,2-3H3. The maximum atomic E-state index is 11.9. The minimum atomic E-state index is -1.36. The van der Waals surface area contributed by atoms with Crippen LogP contribution in [0.5, 0.6) is 0 Å². The van der Waals surface area contributed by atoms with Crippen molar-refractivity contribution in [1.29, 1.82) is 0 Å². The van der Waals surface area contributed by atoms with Crippen molar-refractivity contribution < 1.29 is 28.6 Å². The van der Waals surface area contributed by atoms with E-state index >= 15 is 0 Å². The molecule has 104 valence electrons. The Morgan fingerprint density at radius 2 is 1.89 bits per heavy atom. The molecule has 0 bridgehead atoms. The molecule has 1 fully saturated rings. The molecule has 1 saturated heterocycles. The quantitative estimate of drug-likeness (QED) is 0.315. The average molecular weight is 268 g/mol. The van der Waals surface area contributed by atoms with Gasteiger partial charge in [-0.1, -0.05) is 6.58 Å². The summed E-state index contributed by atoms with van der Waals surface area (Å²) in [5, 5.41) is 0. The van der Waals surface area contributed by atoms with Crippen molar-refractivity contribution in [2.24, 2.45) is 11.8 Å². The molecule has 0 saturated carbocycles. The molecule has 19 heavy (non-hydrogen) atoms. The van der Waals surface area contributed by atoms with Crippen molar-refractivity contribution in [3.8, 4) is 0 Å². The number of hydrogen-bond donors (Lipinski definition) is 0. The minimum absolute atomic E-state index is 0.0255. The smallest absolute Gasteiger partial charge is 0.321 e. The van der Waals surface area contributed by atoms with Crippen molar-refractivity contribution in [3.63, 3.8) is 0 Å². The van der Waals surface area contributed by atoms with Crippen molar-refractivity contribution in [2.45, 2.75) is 13.8 Å². The van der Waals surface area contributed by atoms with Crippen molar-refractivity contribution in [2.75, 3.05) is 19.8 Å². The molecular formula is C13H16O6. The first-order valence-electron chi connectivity index (χ1n) is 5.95. The number of rotatable bonds is 5. The van der Waals surface area contributed by atoms with Crippen LogP contribution in [0, 0.1) is 11.8 Å². The highest BCUT2D eigenvalue weighted by Gasteiger charge is 2.47. The molecule has 6 nitrogen and oxygen atoms in total. The van der Waals surface area contributed by atoms with E-state index in [4.69, 9.17) is 14.2 Å². The molecule has 0 radical (unpaired) electrons. The summed E-state index contributed by atoms with van der Waals surface area (Å²) in [5.74, 6) is -4.71. The summed E-state index contributed by atoms with van der Waals surface area (Å²) in [7, 11) is 0.